The second-order valence-corrected chi connectivity index (χ2v) is 6.01. The first-order valence-electron chi connectivity index (χ1n) is 6.93. The van der Waals surface area contributed by atoms with Crippen molar-refractivity contribution in [1.29, 1.82) is 0 Å². The smallest absolute Gasteiger partial charge is 0.416 e. The number of carbonyl (C=O) groups excluding carboxylic acids is 1. The maximum atomic E-state index is 12.7. The number of hydrogen-bond donors (Lipinski definition) is 1. The molecule has 0 amide bonds. The molecule has 7 nitrogen and oxygen atoms in total. The minimum absolute atomic E-state index is 0. The molecule has 2 rings (SSSR count). The third-order valence-electron chi connectivity index (χ3n) is 2.97. The maximum absolute atomic E-state index is 12.7. The third kappa shape index (κ3) is 6.54. The average Bonchev–Trinajstić information content (AvgIpc) is 2.60. The summed E-state index contributed by atoms with van der Waals surface area (Å²) in [6, 6.07) is 5.85. The van der Waals surface area contributed by atoms with Crippen LogP contribution in [0.5, 0.6) is 11.5 Å². The fourth-order valence-electron chi connectivity index (χ4n) is 1.78. The van der Waals surface area contributed by atoms with Crippen molar-refractivity contribution >= 4 is 64.9 Å². The molecule has 0 atom stereocenters. The molecule has 0 unspecified atom stereocenters. The van der Waals surface area contributed by atoms with Gasteiger partial charge in [-0.25, -0.2) is 4.79 Å². The van der Waals surface area contributed by atoms with Crippen molar-refractivity contribution in [1.82, 2.24) is 0 Å². The molecule has 0 fully saturated rings. The molecular formula is C15H9ClF3NNaO6S. The van der Waals surface area contributed by atoms with Gasteiger partial charge in [-0.3, -0.25) is 10.1 Å². The summed E-state index contributed by atoms with van der Waals surface area (Å²) >= 11 is 6.12. The van der Waals surface area contributed by atoms with Crippen molar-refractivity contribution in [2.45, 2.75) is 11.1 Å². The van der Waals surface area contributed by atoms with Gasteiger partial charge < -0.3 is 14.0 Å². The number of rotatable bonds is 6. The largest absolute Gasteiger partial charge is 0.456 e. The number of nitrogens with zero attached hydrogens (tertiary/aromatic N) is 1. The monoisotopic (exact) mass is 446 g/mol. The van der Waals surface area contributed by atoms with Crippen LogP contribution in [0.2, 0.25) is 5.02 Å². The predicted octanol–water partition coefficient (Wildman–Crippen LogP) is 4.22. The molecule has 28 heavy (non-hydrogen) atoms. The molecule has 1 N–H and O–H groups in total. The van der Waals surface area contributed by atoms with Gasteiger partial charge in [0.2, 0.25) is 0 Å². The number of nitro groups is 1. The van der Waals surface area contributed by atoms with Gasteiger partial charge in [-0.05, 0) is 24.3 Å². The van der Waals surface area contributed by atoms with Crippen LogP contribution in [-0.2, 0) is 15.2 Å². The molecule has 0 spiro atoms. The van der Waals surface area contributed by atoms with Gasteiger partial charge in [-0.1, -0.05) is 11.6 Å². The number of alkyl halides is 3. The molecule has 145 valence electrons. The number of carbonyl (C=O) groups is 1. The fraction of sp³-hybridized carbons (Fsp3) is 0.133. The van der Waals surface area contributed by atoms with Crippen LogP contribution >= 0.6 is 23.6 Å². The average molecular weight is 447 g/mol. The van der Waals surface area contributed by atoms with E-state index in [0.717, 1.165) is 24.3 Å². The Morgan fingerprint density at radius 2 is 1.93 bits per heavy atom. The van der Waals surface area contributed by atoms with Crippen molar-refractivity contribution in [2.24, 2.45) is 0 Å². The van der Waals surface area contributed by atoms with Crippen LogP contribution in [-0.4, -0.2) is 52.2 Å². The Morgan fingerprint density at radius 3 is 2.46 bits per heavy atom. The van der Waals surface area contributed by atoms with E-state index in [-0.39, 0.29) is 51.0 Å². The molecule has 0 aromatic heterocycles. The van der Waals surface area contributed by atoms with E-state index in [2.05, 4.69) is 4.18 Å². The van der Waals surface area contributed by atoms with Gasteiger partial charge >= 0.3 is 12.1 Å². The second-order valence-electron chi connectivity index (χ2n) is 4.83. The summed E-state index contributed by atoms with van der Waals surface area (Å²) in [7, 11) is 0. The van der Waals surface area contributed by atoms with Gasteiger partial charge in [0.1, 0.15) is 35.0 Å². The predicted molar refractivity (Wildman–Crippen MR) is 94.4 cm³/mol. The van der Waals surface area contributed by atoms with E-state index in [9.17, 15) is 28.1 Å². The van der Waals surface area contributed by atoms with E-state index in [0.29, 0.717) is 18.1 Å². The summed E-state index contributed by atoms with van der Waals surface area (Å²) < 4.78 is 47.9. The Morgan fingerprint density at radius 1 is 1.25 bits per heavy atom. The number of aliphatic hydroxyl groups is 1. The van der Waals surface area contributed by atoms with Crippen LogP contribution in [0, 0.1) is 10.1 Å². The first-order valence-corrected chi connectivity index (χ1v) is 8.05. The van der Waals surface area contributed by atoms with Crippen LogP contribution in [0.1, 0.15) is 5.56 Å². The Bertz CT molecular complexity index is 883. The third-order valence-corrected chi connectivity index (χ3v) is 4.04. The zero-order chi connectivity index (χ0) is 20.2. The summed E-state index contributed by atoms with van der Waals surface area (Å²) in [4.78, 5) is 21.2. The number of halogens is 4. The van der Waals surface area contributed by atoms with Gasteiger partial charge in [0.15, 0.2) is 0 Å². The van der Waals surface area contributed by atoms with Gasteiger partial charge in [0.25, 0.3) is 5.69 Å². The van der Waals surface area contributed by atoms with Gasteiger partial charge in [0.05, 0.1) is 15.5 Å². The number of nitro benzene ring substituents is 1. The van der Waals surface area contributed by atoms with Crippen LogP contribution in [0.25, 0.3) is 0 Å². The Labute approximate surface area is 187 Å². The standard InChI is InChI=1S/C15H9ClF3NO6S.Na/c16-10-5-8(15(17,18)19)1-4-12(10)25-9-2-3-11(20(23)24)13(6-9)27-26-14(22)7-21;/h1-6,21H,7H2;. The molecule has 13 heteroatoms. The van der Waals surface area contributed by atoms with Gasteiger partial charge in [-0.15, -0.1) is 0 Å². The second kappa shape index (κ2) is 10.3. The van der Waals surface area contributed by atoms with Crippen molar-refractivity contribution in [3.05, 3.63) is 57.1 Å². The first-order chi connectivity index (χ1) is 12.6. The number of benzene rings is 2. The van der Waals surface area contributed by atoms with E-state index < -0.39 is 34.9 Å². The van der Waals surface area contributed by atoms with Crippen LogP contribution in [0.15, 0.2) is 41.3 Å². The topological polar surface area (TPSA) is 98.9 Å². The van der Waals surface area contributed by atoms with Crippen LogP contribution in [0.4, 0.5) is 18.9 Å². The molecule has 1 radical (unpaired) electrons. The molecular weight excluding hydrogens is 438 g/mol. The SMILES string of the molecule is O=C(CO)OSc1cc(Oc2ccc(C(F)(F)F)cc2Cl)ccc1[N+](=O)[O-].[Na]. The molecule has 0 aliphatic carbocycles. The molecule has 0 saturated heterocycles. The van der Waals surface area contributed by atoms with E-state index in [1.54, 1.807) is 0 Å². The Kier molecular flexibility index (Phi) is 9.05. The van der Waals surface area contributed by atoms with E-state index in [1.807, 2.05) is 0 Å². The van der Waals surface area contributed by atoms with E-state index in [1.165, 1.54) is 6.07 Å². The minimum Gasteiger partial charge on any atom is -0.456 e. The molecule has 2 aromatic carbocycles. The van der Waals surface area contributed by atoms with E-state index >= 15 is 0 Å². The summed E-state index contributed by atoms with van der Waals surface area (Å²) in [5.41, 5.74) is -1.37. The van der Waals surface area contributed by atoms with Crippen LogP contribution in [0.3, 0.4) is 0 Å². The number of ether oxygens (including phenoxy) is 1. The normalized spacial score (nSPS) is 10.8. The van der Waals surface area contributed by atoms with Gasteiger partial charge in [0, 0.05) is 41.7 Å². The summed E-state index contributed by atoms with van der Waals surface area (Å²) in [6.07, 6.45) is -4.57. The quantitative estimate of drug-likeness (QED) is 0.307. The Hall–Kier alpha value is -1.50. The van der Waals surface area contributed by atoms with Crippen molar-refractivity contribution in [3.8, 4) is 11.5 Å². The van der Waals surface area contributed by atoms with E-state index in [4.69, 9.17) is 21.4 Å². The molecule has 0 aliphatic heterocycles. The fourth-order valence-corrected chi connectivity index (χ4v) is 2.63. The molecule has 0 saturated carbocycles. The van der Waals surface area contributed by atoms with Crippen molar-refractivity contribution in [3.63, 3.8) is 0 Å². The first kappa shape index (κ1) is 24.5. The van der Waals surface area contributed by atoms with Crippen LogP contribution < -0.4 is 4.74 Å². The van der Waals surface area contributed by atoms with Crippen molar-refractivity contribution < 1.29 is 36.9 Å². The molecule has 0 bridgehead atoms. The summed E-state index contributed by atoms with van der Waals surface area (Å²) in [5, 5.41) is 19.3. The van der Waals surface area contributed by atoms with Gasteiger partial charge in [-0.2, -0.15) is 13.2 Å². The minimum atomic E-state index is -4.57. The zero-order valence-electron chi connectivity index (χ0n) is 14.0. The van der Waals surface area contributed by atoms with Crippen molar-refractivity contribution in [2.75, 3.05) is 6.61 Å². The number of hydrogen-bond acceptors (Lipinski definition) is 7. The number of aliphatic hydroxyl groups excluding tert-OH is 1. The maximum Gasteiger partial charge on any atom is 0.416 e. The molecule has 2 aromatic rings. The molecule has 0 heterocycles. The zero-order valence-corrected chi connectivity index (χ0v) is 17.6. The molecule has 0 aliphatic rings. The Balaban J connectivity index is 0.00000392. The summed E-state index contributed by atoms with van der Waals surface area (Å²) in [6.45, 7) is -0.919. The summed E-state index contributed by atoms with van der Waals surface area (Å²) in [5.74, 6) is -1.13.